The van der Waals surface area contributed by atoms with Gasteiger partial charge in [0.1, 0.15) is 0 Å². The van der Waals surface area contributed by atoms with Crippen LogP contribution in [0.5, 0.6) is 5.88 Å². The Morgan fingerprint density at radius 1 is 0.695 bits per heavy atom. The number of rotatable bonds is 16. The lowest BCUT2D eigenvalue weighted by Gasteiger charge is -2.29. The van der Waals surface area contributed by atoms with E-state index >= 15 is 0 Å². The number of aromatic amines is 1. The number of unbranched alkanes of at least 4 members (excludes halogenated alkanes) is 2. The van der Waals surface area contributed by atoms with Crippen molar-refractivity contribution < 1.29 is 19.5 Å². The molecule has 5 aromatic heterocycles. The predicted octanol–water partition coefficient (Wildman–Crippen LogP) is 13.7. The van der Waals surface area contributed by atoms with Crippen LogP contribution in [0.2, 0.25) is 0 Å². The third-order valence-corrected chi connectivity index (χ3v) is 16.0. The number of fused-ring (bicyclic) bond motifs is 2. The number of halogens is 2. The maximum Gasteiger partial charge on any atom is 0.280 e. The second-order valence-corrected chi connectivity index (χ2v) is 21.5. The van der Waals surface area contributed by atoms with Crippen molar-refractivity contribution in [3.8, 4) is 16.5 Å². The zero-order chi connectivity index (χ0) is 41.1. The number of hydrogen-bond acceptors (Lipinski definition) is 8. The quantitative estimate of drug-likeness (QED) is 0.103. The van der Waals surface area contributed by atoms with Gasteiger partial charge in [0.2, 0.25) is 0 Å². The molecule has 3 amide bonds. The van der Waals surface area contributed by atoms with Gasteiger partial charge in [0.25, 0.3) is 17.7 Å². The molecule has 14 heteroatoms. The zero-order valence-electron chi connectivity index (χ0n) is 32.9. The molecule has 0 aliphatic carbocycles. The smallest absolute Gasteiger partial charge is 0.280 e. The normalized spacial score (nSPS) is 15.8. The maximum atomic E-state index is 14.3. The molecule has 0 aromatic carbocycles. The number of aliphatic imine (C=N–C) groups is 1. The van der Waals surface area contributed by atoms with Crippen molar-refractivity contribution in [3.63, 3.8) is 0 Å². The van der Waals surface area contributed by atoms with E-state index in [-0.39, 0.29) is 31.0 Å². The topological polar surface area (TPSA) is 106 Å². The van der Waals surface area contributed by atoms with Crippen molar-refractivity contribution in [3.05, 3.63) is 104 Å². The fraction of sp³-hybridized carbons (Fsp3) is 0.378. The van der Waals surface area contributed by atoms with Gasteiger partial charge in [0.05, 0.1) is 72.2 Å². The maximum absolute atomic E-state index is 14.3. The van der Waals surface area contributed by atoms with Crippen LogP contribution < -0.4 is 0 Å². The predicted molar refractivity (Wildman–Crippen MR) is 255 cm³/mol. The number of thiophene rings is 4. The summed E-state index contributed by atoms with van der Waals surface area (Å²) in [6.07, 6.45) is 8.79. The minimum atomic E-state index is -0.302. The van der Waals surface area contributed by atoms with Crippen LogP contribution in [0.1, 0.15) is 117 Å². The van der Waals surface area contributed by atoms with Crippen LogP contribution in [-0.4, -0.2) is 56.4 Å². The van der Waals surface area contributed by atoms with Crippen molar-refractivity contribution in [2.45, 2.75) is 86.5 Å². The molecule has 8 heterocycles. The number of hydrogen-bond donors (Lipinski definition) is 2. The van der Waals surface area contributed by atoms with E-state index in [4.69, 9.17) is 0 Å². The molecule has 3 aliphatic heterocycles. The first-order valence-electron chi connectivity index (χ1n) is 19.9. The lowest BCUT2D eigenvalue weighted by Crippen LogP contribution is -2.34. The summed E-state index contributed by atoms with van der Waals surface area (Å²) in [7, 11) is 0. The molecule has 2 unspecified atom stereocenters. The average Bonchev–Trinajstić information content (AvgIpc) is 4.08. The van der Waals surface area contributed by atoms with Gasteiger partial charge in [-0.05, 0) is 104 Å². The molecule has 5 aromatic rings. The zero-order valence-corrected chi connectivity index (χ0v) is 39.3. The Kier molecular flexibility index (Phi) is 15.3. The fourth-order valence-electron chi connectivity index (χ4n) is 7.83. The molecule has 0 saturated heterocycles. The number of H-pyrrole nitrogens is 1. The van der Waals surface area contributed by atoms with Crippen LogP contribution in [-0.2, 0) is 9.59 Å². The van der Waals surface area contributed by atoms with Gasteiger partial charge >= 0.3 is 0 Å². The van der Waals surface area contributed by atoms with E-state index in [1.807, 2.05) is 69.1 Å². The third-order valence-electron chi connectivity index (χ3n) is 10.9. The molecule has 59 heavy (non-hydrogen) atoms. The largest absolute Gasteiger partial charge is 0.494 e. The lowest BCUT2D eigenvalue weighted by atomic mass is 9.98. The second-order valence-electron chi connectivity index (χ2n) is 14.6. The standard InChI is InChI=1S/C30H38Br2N2O2S2.C14H8N2O2S2.CH4/c1-5-9-11-19(7-3)17-33-27(21-13-15-23(31)37-21)25-26(29(33)35)28(22-14-16-24(32)38-22)34(30(25)36)18-20(8-4)12-10-6-2;17-13-9-10(12(16-13)8-4-2-6-20-8)14(18)15-11(9)7-3-1-5-19-7;/h13-16,19-20H,5-12,17-18H2,1-4H3;1-6,15,18H;1H4. The Bertz CT molecular complexity index is 2290. The van der Waals surface area contributed by atoms with E-state index in [0.717, 1.165) is 89.8 Å². The van der Waals surface area contributed by atoms with E-state index in [0.29, 0.717) is 58.6 Å². The van der Waals surface area contributed by atoms with Crippen LogP contribution in [0.4, 0.5) is 0 Å². The van der Waals surface area contributed by atoms with Gasteiger partial charge in [-0.1, -0.05) is 85.8 Å². The summed E-state index contributed by atoms with van der Waals surface area (Å²) in [5.41, 5.74) is 4.98. The second kappa shape index (κ2) is 20.0. The molecular weight excluding hydrogens is 949 g/mol. The van der Waals surface area contributed by atoms with Gasteiger partial charge < -0.3 is 19.9 Å². The molecule has 0 bridgehead atoms. The molecule has 2 atom stereocenters. The minimum Gasteiger partial charge on any atom is -0.494 e. The van der Waals surface area contributed by atoms with Crippen LogP contribution in [0.25, 0.3) is 22.0 Å². The molecule has 0 fully saturated rings. The molecule has 0 saturated carbocycles. The Hall–Kier alpha value is -3.40. The molecule has 8 rings (SSSR count). The molecule has 3 aliphatic rings. The Morgan fingerprint density at radius 3 is 1.59 bits per heavy atom. The highest BCUT2D eigenvalue weighted by Crippen LogP contribution is 2.50. The van der Waals surface area contributed by atoms with Crippen LogP contribution >= 0.6 is 77.2 Å². The fourth-order valence-corrected chi connectivity index (χ4v) is 12.2. The summed E-state index contributed by atoms with van der Waals surface area (Å²) in [5.74, 6) is 0.463. The molecule has 0 radical (unpaired) electrons. The van der Waals surface area contributed by atoms with Gasteiger partial charge in [0, 0.05) is 13.1 Å². The van der Waals surface area contributed by atoms with Crippen LogP contribution in [0.15, 0.2) is 83.0 Å². The number of aromatic hydroxyl groups is 1. The first kappa shape index (κ1) is 45.1. The number of carbonyl (C=O) groups is 3. The van der Waals surface area contributed by atoms with Crippen LogP contribution in [0.3, 0.4) is 0 Å². The van der Waals surface area contributed by atoms with Crippen molar-refractivity contribution in [2.24, 2.45) is 16.8 Å². The van der Waals surface area contributed by atoms with Gasteiger partial charge in [0.15, 0.2) is 5.88 Å². The third kappa shape index (κ3) is 9.13. The summed E-state index contributed by atoms with van der Waals surface area (Å²) in [4.78, 5) is 55.5. The molecular formula is C45H50Br2N4O4S4. The highest BCUT2D eigenvalue weighted by Gasteiger charge is 2.50. The highest BCUT2D eigenvalue weighted by molar-refractivity contribution is 9.11. The van der Waals surface area contributed by atoms with Crippen molar-refractivity contribution in [2.75, 3.05) is 13.1 Å². The van der Waals surface area contributed by atoms with Gasteiger partial charge in [-0.3, -0.25) is 14.4 Å². The summed E-state index contributed by atoms with van der Waals surface area (Å²) in [6.45, 7) is 10.1. The summed E-state index contributed by atoms with van der Waals surface area (Å²) in [6, 6.07) is 15.7. The highest BCUT2D eigenvalue weighted by atomic mass is 79.9. The van der Waals surface area contributed by atoms with E-state index < -0.39 is 0 Å². The Balaban J connectivity index is 0.000000232. The summed E-state index contributed by atoms with van der Waals surface area (Å²) >= 11 is 13.4. The van der Waals surface area contributed by atoms with E-state index in [2.05, 4.69) is 69.5 Å². The van der Waals surface area contributed by atoms with E-state index in [1.54, 1.807) is 22.7 Å². The summed E-state index contributed by atoms with van der Waals surface area (Å²) < 4.78 is 2.00. The molecule has 312 valence electrons. The van der Waals surface area contributed by atoms with Gasteiger partial charge in [-0.25, -0.2) is 4.99 Å². The monoisotopic (exact) mass is 996 g/mol. The average molecular weight is 999 g/mol. The first-order chi connectivity index (χ1) is 28.1. The molecule has 0 spiro atoms. The van der Waals surface area contributed by atoms with Gasteiger partial charge in [-0.2, -0.15) is 0 Å². The lowest BCUT2D eigenvalue weighted by molar-refractivity contribution is -0.124. The Labute approximate surface area is 380 Å². The molecule has 8 nitrogen and oxygen atoms in total. The van der Waals surface area contributed by atoms with E-state index in [1.165, 1.54) is 22.7 Å². The van der Waals surface area contributed by atoms with E-state index in [9.17, 15) is 19.5 Å². The minimum absolute atomic E-state index is 0. The number of carbonyl (C=O) groups excluding carboxylic acids is 3. The number of nitrogens with one attached hydrogen (secondary N) is 1. The number of nitrogens with zero attached hydrogens (tertiary/aromatic N) is 3. The Morgan fingerprint density at radius 2 is 1.19 bits per heavy atom. The summed E-state index contributed by atoms with van der Waals surface area (Å²) in [5, 5.41) is 14.0. The van der Waals surface area contributed by atoms with Crippen molar-refractivity contribution in [1.29, 1.82) is 0 Å². The number of amides is 3. The van der Waals surface area contributed by atoms with Crippen molar-refractivity contribution >= 4 is 112 Å². The first-order valence-corrected chi connectivity index (χ1v) is 24.9. The molecule has 2 N–H and O–H groups in total. The SMILES string of the molecule is C.CCCCC(CC)CN1C(=O)C2=C(c3ccc(Br)s3)N(CC(CC)CCCC)C(=O)C2=C1c1ccc(Br)s1.O=C1N=C(c2cccs2)c2c(O)[nH]c(-c3cccs3)c21. The van der Waals surface area contributed by atoms with Gasteiger partial charge in [-0.15, -0.1) is 45.3 Å². The van der Waals surface area contributed by atoms with Crippen molar-refractivity contribution in [1.82, 2.24) is 14.8 Å². The number of aromatic nitrogens is 1. The van der Waals surface area contributed by atoms with Crippen LogP contribution in [0, 0.1) is 11.8 Å².